The van der Waals surface area contributed by atoms with Crippen LogP contribution in [0.2, 0.25) is 0 Å². The number of benzene rings is 2. The van der Waals surface area contributed by atoms with E-state index in [4.69, 9.17) is 0 Å². The van der Waals surface area contributed by atoms with Gasteiger partial charge in [-0.25, -0.2) is 13.4 Å². The SMILES string of the molecule is CC(=O)Nc1ccc(NC(=O)CCc2csc(NS(=O)(=O)c3ccc(C)cc3)n2)cc1. The molecule has 1 aromatic heterocycles. The molecular formula is C21H22N4O4S2. The van der Waals surface area contributed by atoms with Crippen LogP contribution in [0.25, 0.3) is 0 Å². The summed E-state index contributed by atoms with van der Waals surface area (Å²) in [7, 11) is -3.71. The fraction of sp³-hybridized carbons (Fsp3) is 0.190. The topological polar surface area (TPSA) is 117 Å². The molecule has 0 unspecified atom stereocenters. The van der Waals surface area contributed by atoms with Gasteiger partial charge in [0.1, 0.15) is 0 Å². The van der Waals surface area contributed by atoms with Gasteiger partial charge < -0.3 is 10.6 Å². The second-order valence-electron chi connectivity index (χ2n) is 6.87. The van der Waals surface area contributed by atoms with Gasteiger partial charge in [-0.1, -0.05) is 17.7 Å². The molecule has 10 heteroatoms. The van der Waals surface area contributed by atoms with Gasteiger partial charge in [0, 0.05) is 30.1 Å². The molecule has 0 bridgehead atoms. The first-order chi connectivity index (χ1) is 14.7. The molecule has 2 amide bonds. The van der Waals surface area contributed by atoms with Crippen molar-refractivity contribution in [3.05, 3.63) is 65.2 Å². The van der Waals surface area contributed by atoms with Crippen LogP contribution >= 0.6 is 11.3 Å². The maximum Gasteiger partial charge on any atom is 0.263 e. The highest BCUT2D eigenvalue weighted by Gasteiger charge is 2.16. The lowest BCUT2D eigenvalue weighted by molar-refractivity contribution is -0.116. The van der Waals surface area contributed by atoms with Crippen LogP contribution in [0.3, 0.4) is 0 Å². The molecule has 0 fully saturated rings. The normalized spacial score (nSPS) is 11.0. The first-order valence-corrected chi connectivity index (χ1v) is 11.8. The third-order valence-corrected chi connectivity index (χ3v) is 6.49. The van der Waals surface area contributed by atoms with E-state index in [1.54, 1.807) is 53.9 Å². The van der Waals surface area contributed by atoms with Crippen molar-refractivity contribution in [1.29, 1.82) is 0 Å². The molecule has 0 spiro atoms. The third kappa shape index (κ3) is 6.63. The molecule has 0 saturated carbocycles. The molecule has 8 nitrogen and oxygen atoms in total. The first kappa shape index (κ1) is 22.4. The Morgan fingerprint density at radius 2 is 1.58 bits per heavy atom. The van der Waals surface area contributed by atoms with E-state index in [0.29, 0.717) is 23.5 Å². The molecular weight excluding hydrogens is 436 g/mol. The van der Waals surface area contributed by atoms with Crippen LogP contribution in [0.4, 0.5) is 16.5 Å². The number of nitrogens with one attached hydrogen (secondary N) is 3. The summed E-state index contributed by atoms with van der Waals surface area (Å²) in [5.41, 5.74) is 2.86. The predicted octanol–water partition coefficient (Wildman–Crippen LogP) is 3.78. The summed E-state index contributed by atoms with van der Waals surface area (Å²) in [6, 6.07) is 13.3. The van der Waals surface area contributed by atoms with E-state index in [1.165, 1.54) is 18.3 Å². The second-order valence-corrected chi connectivity index (χ2v) is 9.41. The number of sulfonamides is 1. The molecule has 1 heterocycles. The van der Waals surface area contributed by atoms with Gasteiger partial charge in [0.05, 0.1) is 10.6 Å². The van der Waals surface area contributed by atoms with Crippen LogP contribution < -0.4 is 15.4 Å². The highest BCUT2D eigenvalue weighted by atomic mass is 32.2. The van der Waals surface area contributed by atoms with Crippen molar-refractivity contribution in [2.75, 3.05) is 15.4 Å². The second kappa shape index (κ2) is 9.71. The standard InChI is InChI=1S/C21H22N4O4S2/c1-14-3-10-19(11-4-14)31(28,29)25-21-24-18(13-30-21)9-12-20(27)23-17-7-5-16(6-8-17)22-15(2)26/h3-8,10-11,13H,9,12H2,1-2H3,(H,22,26)(H,23,27)(H,24,25). The lowest BCUT2D eigenvalue weighted by atomic mass is 10.2. The van der Waals surface area contributed by atoms with Crippen LogP contribution in [0.1, 0.15) is 24.6 Å². The third-order valence-electron chi connectivity index (χ3n) is 4.20. The molecule has 3 aromatic rings. The molecule has 0 atom stereocenters. The number of carbonyl (C=O) groups is 2. The smallest absolute Gasteiger partial charge is 0.263 e. The fourth-order valence-corrected chi connectivity index (χ4v) is 4.66. The predicted molar refractivity (Wildman–Crippen MR) is 122 cm³/mol. The highest BCUT2D eigenvalue weighted by Crippen LogP contribution is 2.21. The summed E-state index contributed by atoms with van der Waals surface area (Å²) in [5, 5.41) is 7.41. The number of hydrogen-bond acceptors (Lipinski definition) is 6. The number of aryl methyl sites for hydroxylation is 2. The van der Waals surface area contributed by atoms with Gasteiger partial charge in [-0.3, -0.25) is 14.3 Å². The highest BCUT2D eigenvalue weighted by molar-refractivity contribution is 7.93. The average Bonchev–Trinajstić information content (AvgIpc) is 3.14. The van der Waals surface area contributed by atoms with Crippen molar-refractivity contribution in [1.82, 2.24) is 4.98 Å². The molecule has 0 aliphatic rings. The molecule has 0 aliphatic carbocycles. The van der Waals surface area contributed by atoms with Gasteiger partial charge in [-0.15, -0.1) is 11.3 Å². The van der Waals surface area contributed by atoms with Crippen LogP contribution in [-0.2, 0) is 26.0 Å². The summed E-state index contributed by atoms with van der Waals surface area (Å²) in [6.45, 7) is 3.31. The fourth-order valence-electron chi connectivity index (χ4n) is 2.67. The molecule has 0 saturated heterocycles. The van der Waals surface area contributed by atoms with E-state index >= 15 is 0 Å². The summed E-state index contributed by atoms with van der Waals surface area (Å²) in [5.74, 6) is -0.359. The zero-order valence-electron chi connectivity index (χ0n) is 17.0. The van der Waals surface area contributed by atoms with Crippen molar-refractivity contribution < 1.29 is 18.0 Å². The van der Waals surface area contributed by atoms with Gasteiger partial charge in [-0.05, 0) is 49.7 Å². The van der Waals surface area contributed by atoms with E-state index in [-0.39, 0.29) is 28.3 Å². The van der Waals surface area contributed by atoms with Crippen molar-refractivity contribution in [3.63, 3.8) is 0 Å². The van der Waals surface area contributed by atoms with Crippen LogP contribution in [0.15, 0.2) is 58.8 Å². The summed E-state index contributed by atoms with van der Waals surface area (Å²) >= 11 is 1.17. The number of nitrogens with zero attached hydrogens (tertiary/aromatic N) is 1. The lowest BCUT2D eigenvalue weighted by Crippen LogP contribution is -2.13. The van der Waals surface area contributed by atoms with Gasteiger partial charge >= 0.3 is 0 Å². The molecule has 3 rings (SSSR count). The van der Waals surface area contributed by atoms with Crippen molar-refractivity contribution in [2.24, 2.45) is 0 Å². The average molecular weight is 459 g/mol. The summed E-state index contributed by atoms with van der Waals surface area (Å²) < 4.78 is 27.4. The van der Waals surface area contributed by atoms with E-state index in [1.807, 2.05) is 6.92 Å². The number of hydrogen-bond donors (Lipinski definition) is 3. The van der Waals surface area contributed by atoms with Crippen LogP contribution in [0, 0.1) is 6.92 Å². The Bertz CT molecular complexity index is 1170. The van der Waals surface area contributed by atoms with E-state index in [9.17, 15) is 18.0 Å². The maximum absolute atomic E-state index is 12.4. The summed E-state index contributed by atoms with van der Waals surface area (Å²) in [6.07, 6.45) is 0.569. The van der Waals surface area contributed by atoms with Crippen molar-refractivity contribution in [3.8, 4) is 0 Å². The van der Waals surface area contributed by atoms with Gasteiger partial charge in [0.2, 0.25) is 11.8 Å². The maximum atomic E-state index is 12.4. The number of amides is 2. The van der Waals surface area contributed by atoms with E-state index in [2.05, 4.69) is 20.3 Å². The first-order valence-electron chi connectivity index (χ1n) is 9.43. The number of carbonyl (C=O) groups excluding carboxylic acids is 2. The minimum Gasteiger partial charge on any atom is -0.326 e. The quantitative estimate of drug-likeness (QED) is 0.475. The monoisotopic (exact) mass is 458 g/mol. The van der Waals surface area contributed by atoms with Gasteiger partial charge in [-0.2, -0.15) is 0 Å². The number of aromatic nitrogens is 1. The van der Waals surface area contributed by atoms with Gasteiger partial charge in [0.15, 0.2) is 5.13 Å². The zero-order valence-corrected chi connectivity index (χ0v) is 18.6. The molecule has 31 heavy (non-hydrogen) atoms. The largest absolute Gasteiger partial charge is 0.326 e. The molecule has 162 valence electrons. The van der Waals surface area contributed by atoms with Gasteiger partial charge in [0.25, 0.3) is 10.0 Å². The Balaban J connectivity index is 1.52. The Morgan fingerprint density at radius 3 is 2.19 bits per heavy atom. The minimum atomic E-state index is -3.71. The lowest BCUT2D eigenvalue weighted by Gasteiger charge is -2.07. The minimum absolute atomic E-state index is 0.166. The number of anilines is 3. The molecule has 0 aliphatic heterocycles. The van der Waals surface area contributed by atoms with Crippen LogP contribution in [-0.4, -0.2) is 25.2 Å². The molecule has 0 radical (unpaired) electrons. The molecule has 3 N–H and O–H groups in total. The summed E-state index contributed by atoms with van der Waals surface area (Å²) in [4.78, 5) is 27.6. The number of thiazole rings is 1. The molecule has 2 aromatic carbocycles. The number of rotatable bonds is 8. The van der Waals surface area contributed by atoms with Crippen molar-refractivity contribution >= 4 is 49.7 Å². The Kier molecular flexibility index (Phi) is 7.03. The van der Waals surface area contributed by atoms with Crippen LogP contribution in [0.5, 0.6) is 0 Å². The van der Waals surface area contributed by atoms with E-state index < -0.39 is 10.0 Å². The Labute approximate surface area is 184 Å². The zero-order chi connectivity index (χ0) is 22.4. The Hall–Kier alpha value is -3.24. The van der Waals surface area contributed by atoms with Crippen molar-refractivity contribution in [2.45, 2.75) is 31.6 Å². The van der Waals surface area contributed by atoms with E-state index in [0.717, 1.165) is 5.56 Å². The Morgan fingerprint density at radius 1 is 0.968 bits per heavy atom.